The minimum Gasteiger partial charge on any atom is -0.387 e. The Morgan fingerprint density at radius 1 is 1.07 bits per heavy atom. The summed E-state index contributed by atoms with van der Waals surface area (Å²) in [5.41, 5.74) is 5.29. The van der Waals surface area contributed by atoms with E-state index in [4.69, 9.17) is 10.8 Å². The third-order valence-corrected chi connectivity index (χ3v) is 1.57. The average molecular weight is 204 g/mol. The van der Waals surface area contributed by atoms with Crippen molar-refractivity contribution in [2.75, 3.05) is 45.9 Å². The number of aliphatic hydroxyl groups is 1. The molecule has 1 amide bonds. The molecule has 84 valence electrons. The maximum Gasteiger partial charge on any atom is 0.245 e. The first kappa shape index (κ1) is 13.3. The smallest absolute Gasteiger partial charge is 0.245 e. The van der Waals surface area contributed by atoms with E-state index in [1.165, 1.54) is 0 Å². The molecule has 0 unspecified atom stereocenters. The Labute approximate surface area is 84.2 Å². The zero-order valence-corrected chi connectivity index (χ0v) is 8.38. The third kappa shape index (κ3) is 9.40. The lowest BCUT2D eigenvalue weighted by molar-refractivity contribution is -0.123. The summed E-state index contributed by atoms with van der Waals surface area (Å²) in [5, 5.41) is 17.2. The molecule has 0 aliphatic heterocycles. The van der Waals surface area contributed by atoms with E-state index in [2.05, 4.69) is 16.0 Å². The molecule has 0 bridgehead atoms. The number of hydrogen-bond acceptors (Lipinski definition) is 5. The SMILES string of the molecule is NCCNCCNCCNC(=O)CO. The van der Waals surface area contributed by atoms with Crippen LogP contribution in [0.3, 0.4) is 0 Å². The molecular formula is C8H20N4O2. The van der Waals surface area contributed by atoms with Crippen molar-refractivity contribution in [1.82, 2.24) is 16.0 Å². The Hall–Kier alpha value is -0.690. The summed E-state index contributed by atoms with van der Waals surface area (Å²) < 4.78 is 0. The van der Waals surface area contributed by atoms with Crippen molar-refractivity contribution in [2.24, 2.45) is 5.73 Å². The number of aliphatic hydroxyl groups excluding tert-OH is 1. The molecule has 0 radical (unpaired) electrons. The highest BCUT2D eigenvalue weighted by molar-refractivity contribution is 5.76. The minimum atomic E-state index is -0.446. The maximum atomic E-state index is 10.6. The van der Waals surface area contributed by atoms with Crippen molar-refractivity contribution in [3.05, 3.63) is 0 Å². The standard InChI is InChI=1S/C8H20N4O2/c9-1-2-10-3-4-11-5-6-12-8(14)7-13/h10-11,13H,1-7,9H2,(H,12,14). The minimum absolute atomic E-state index is 0.340. The molecule has 6 nitrogen and oxygen atoms in total. The van der Waals surface area contributed by atoms with E-state index in [0.29, 0.717) is 19.6 Å². The highest BCUT2D eigenvalue weighted by atomic mass is 16.3. The summed E-state index contributed by atoms with van der Waals surface area (Å²) in [5.74, 6) is -0.340. The van der Waals surface area contributed by atoms with Gasteiger partial charge in [-0.25, -0.2) is 0 Å². The van der Waals surface area contributed by atoms with Crippen LogP contribution in [0.5, 0.6) is 0 Å². The lowest BCUT2D eigenvalue weighted by Gasteiger charge is -2.06. The number of amides is 1. The molecule has 0 saturated carbocycles. The summed E-state index contributed by atoms with van der Waals surface area (Å²) in [6.07, 6.45) is 0. The van der Waals surface area contributed by atoms with Crippen LogP contribution in [0.4, 0.5) is 0 Å². The number of hydrogen-bond donors (Lipinski definition) is 5. The van der Waals surface area contributed by atoms with Crippen molar-refractivity contribution in [2.45, 2.75) is 0 Å². The normalized spacial score (nSPS) is 10.1. The number of rotatable bonds is 9. The summed E-state index contributed by atoms with van der Waals surface area (Å²) in [6.45, 7) is 3.97. The largest absolute Gasteiger partial charge is 0.387 e. The van der Waals surface area contributed by atoms with Crippen LogP contribution in [-0.2, 0) is 4.79 Å². The van der Waals surface area contributed by atoms with Crippen LogP contribution >= 0.6 is 0 Å². The molecule has 0 aliphatic rings. The van der Waals surface area contributed by atoms with Crippen LogP contribution in [-0.4, -0.2) is 56.9 Å². The second kappa shape index (κ2) is 10.4. The summed E-state index contributed by atoms with van der Waals surface area (Å²) in [4.78, 5) is 10.6. The van der Waals surface area contributed by atoms with E-state index < -0.39 is 6.61 Å². The average Bonchev–Trinajstić information content (AvgIpc) is 2.21. The Bertz CT molecular complexity index is 143. The van der Waals surface area contributed by atoms with Crippen molar-refractivity contribution in [1.29, 1.82) is 0 Å². The van der Waals surface area contributed by atoms with Crippen molar-refractivity contribution >= 4 is 5.91 Å². The van der Waals surface area contributed by atoms with Crippen LogP contribution in [0.25, 0.3) is 0 Å². The van der Waals surface area contributed by atoms with Gasteiger partial charge in [-0.15, -0.1) is 0 Å². The van der Waals surface area contributed by atoms with Gasteiger partial charge in [0.2, 0.25) is 5.91 Å². The lowest BCUT2D eigenvalue weighted by atomic mass is 10.5. The molecule has 14 heavy (non-hydrogen) atoms. The molecule has 0 aromatic rings. The Morgan fingerprint density at radius 2 is 1.64 bits per heavy atom. The van der Waals surface area contributed by atoms with E-state index in [9.17, 15) is 4.79 Å². The number of nitrogens with two attached hydrogens (primary N) is 1. The molecule has 0 aromatic carbocycles. The van der Waals surface area contributed by atoms with Gasteiger partial charge in [-0.1, -0.05) is 0 Å². The number of carbonyl (C=O) groups excluding carboxylic acids is 1. The third-order valence-electron chi connectivity index (χ3n) is 1.57. The first-order valence-corrected chi connectivity index (χ1v) is 4.80. The fraction of sp³-hybridized carbons (Fsp3) is 0.875. The second-order valence-corrected chi connectivity index (χ2v) is 2.80. The molecule has 0 fully saturated rings. The van der Waals surface area contributed by atoms with Gasteiger partial charge >= 0.3 is 0 Å². The van der Waals surface area contributed by atoms with E-state index in [-0.39, 0.29) is 5.91 Å². The molecule has 0 heterocycles. The first-order valence-electron chi connectivity index (χ1n) is 4.80. The zero-order chi connectivity index (χ0) is 10.6. The van der Waals surface area contributed by atoms with Crippen LogP contribution in [0.1, 0.15) is 0 Å². The number of nitrogens with one attached hydrogen (secondary N) is 3. The first-order chi connectivity index (χ1) is 6.81. The fourth-order valence-corrected chi connectivity index (χ4v) is 0.875. The predicted octanol–water partition coefficient (Wildman–Crippen LogP) is -2.77. The predicted molar refractivity (Wildman–Crippen MR) is 54.9 cm³/mol. The van der Waals surface area contributed by atoms with Gasteiger partial charge in [-0.2, -0.15) is 0 Å². The molecule has 0 atom stereocenters. The quantitative estimate of drug-likeness (QED) is 0.262. The molecule has 6 heteroatoms. The molecule has 0 spiro atoms. The summed E-state index contributed by atoms with van der Waals surface area (Å²) in [6, 6.07) is 0. The van der Waals surface area contributed by atoms with Gasteiger partial charge < -0.3 is 26.8 Å². The zero-order valence-electron chi connectivity index (χ0n) is 8.38. The van der Waals surface area contributed by atoms with Gasteiger partial charge in [0.05, 0.1) is 0 Å². The van der Waals surface area contributed by atoms with Gasteiger partial charge in [0.1, 0.15) is 6.61 Å². The topological polar surface area (TPSA) is 99.4 Å². The number of carbonyl (C=O) groups is 1. The van der Waals surface area contributed by atoms with Crippen LogP contribution in [0.15, 0.2) is 0 Å². The molecular weight excluding hydrogens is 184 g/mol. The monoisotopic (exact) mass is 204 g/mol. The molecule has 0 aromatic heterocycles. The van der Waals surface area contributed by atoms with E-state index in [0.717, 1.165) is 19.6 Å². The Kier molecular flexibility index (Phi) is 9.88. The summed E-state index contributed by atoms with van der Waals surface area (Å²) in [7, 11) is 0. The van der Waals surface area contributed by atoms with Gasteiger partial charge in [0, 0.05) is 39.3 Å². The van der Waals surface area contributed by atoms with E-state index in [1.54, 1.807) is 0 Å². The van der Waals surface area contributed by atoms with Gasteiger partial charge in [-0.3, -0.25) is 4.79 Å². The molecule has 0 rings (SSSR count). The molecule has 6 N–H and O–H groups in total. The Morgan fingerprint density at radius 3 is 2.21 bits per heavy atom. The highest BCUT2D eigenvalue weighted by Crippen LogP contribution is 1.63. The maximum absolute atomic E-state index is 10.6. The molecule has 0 saturated heterocycles. The summed E-state index contributed by atoms with van der Waals surface area (Å²) >= 11 is 0. The fourth-order valence-electron chi connectivity index (χ4n) is 0.875. The van der Waals surface area contributed by atoms with Crippen molar-refractivity contribution in [3.8, 4) is 0 Å². The Balaban J connectivity index is 2.95. The van der Waals surface area contributed by atoms with E-state index in [1.807, 2.05) is 0 Å². The van der Waals surface area contributed by atoms with Gasteiger partial charge in [0.15, 0.2) is 0 Å². The highest BCUT2D eigenvalue weighted by Gasteiger charge is 1.94. The van der Waals surface area contributed by atoms with Crippen LogP contribution in [0, 0.1) is 0 Å². The van der Waals surface area contributed by atoms with E-state index >= 15 is 0 Å². The van der Waals surface area contributed by atoms with Gasteiger partial charge in [-0.05, 0) is 0 Å². The van der Waals surface area contributed by atoms with Crippen molar-refractivity contribution in [3.63, 3.8) is 0 Å². The van der Waals surface area contributed by atoms with Crippen molar-refractivity contribution < 1.29 is 9.90 Å². The lowest BCUT2D eigenvalue weighted by Crippen LogP contribution is -2.36. The van der Waals surface area contributed by atoms with Crippen LogP contribution in [0.2, 0.25) is 0 Å². The van der Waals surface area contributed by atoms with Crippen LogP contribution < -0.4 is 21.7 Å². The van der Waals surface area contributed by atoms with Gasteiger partial charge in [0.25, 0.3) is 0 Å². The second-order valence-electron chi connectivity index (χ2n) is 2.80. The molecule has 0 aliphatic carbocycles.